The normalized spacial score (nSPS) is 14.5. The molecule has 1 amide bonds. The van der Waals surface area contributed by atoms with Gasteiger partial charge in [-0.05, 0) is 80.3 Å². The molecule has 3 heterocycles. The average Bonchev–Trinajstić information content (AvgIpc) is 3.57. The van der Waals surface area contributed by atoms with Gasteiger partial charge in [-0.15, -0.1) is 0 Å². The van der Waals surface area contributed by atoms with E-state index in [0.29, 0.717) is 23.8 Å². The quantitative estimate of drug-likeness (QED) is 0.370. The number of carbonyl (C=O) groups is 1. The van der Waals surface area contributed by atoms with E-state index in [-0.39, 0.29) is 17.3 Å². The summed E-state index contributed by atoms with van der Waals surface area (Å²) in [5, 5.41) is 0.582. The smallest absolute Gasteiger partial charge is 0.260 e. The Balaban J connectivity index is 1.50. The summed E-state index contributed by atoms with van der Waals surface area (Å²) < 4.78 is 28.3. The number of carbonyl (C=O) groups excluding carboxylic acids is 1. The van der Waals surface area contributed by atoms with Crippen molar-refractivity contribution in [1.29, 1.82) is 0 Å². The molecule has 0 unspecified atom stereocenters. The maximum absolute atomic E-state index is 13.7. The third-order valence-corrected chi connectivity index (χ3v) is 9.36. The molecule has 0 saturated carbocycles. The van der Waals surface area contributed by atoms with Gasteiger partial charge in [-0.1, -0.05) is 23.5 Å². The first kappa shape index (κ1) is 23.6. The monoisotopic (exact) mass is 506 g/mol. The number of fused-ring (bicyclic) bond motifs is 1. The fraction of sp³-hybridized carbons (Fsp3) is 0.269. The van der Waals surface area contributed by atoms with E-state index >= 15 is 0 Å². The molecule has 0 bridgehead atoms. The molecule has 4 aromatic rings. The van der Waals surface area contributed by atoms with Crippen molar-refractivity contribution in [2.24, 2.45) is 0 Å². The Morgan fingerprint density at radius 1 is 1.03 bits per heavy atom. The zero-order valence-electron chi connectivity index (χ0n) is 19.6. The molecule has 180 valence electrons. The van der Waals surface area contributed by atoms with Crippen molar-refractivity contribution in [3.8, 4) is 0 Å². The maximum atomic E-state index is 13.7. The summed E-state index contributed by atoms with van der Waals surface area (Å²) in [6.07, 6.45) is 3.45. The van der Waals surface area contributed by atoms with Crippen molar-refractivity contribution in [2.75, 3.05) is 18.0 Å². The summed E-state index contributed by atoms with van der Waals surface area (Å²) in [6, 6.07) is 15.9. The molecule has 1 aliphatic rings. The number of anilines is 1. The standard InChI is InChI=1S/C26H26N4O3S2/c1-18-8-13-23-24(19(18)2)28-26(34-23)30(17-21-7-3-4-14-27-21)25(31)20-9-11-22(12-10-20)35(32,33)29-15-5-6-16-29/h3-4,7-14H,5-6,15-17H2,1-2H3. The number of rotatable bonds is 6. The van der Waals surface area contributed by atoms with E-state index in [1.165, 1.54) is 27.8 Å². The lowest BCUT2D eigenvalue weighted by Crippen LogP contribution is -2.31. The number of amides is 1. The Hall–Kier alpha value is -3.14. The van der Waals surface area contributed by atoms with Crippen LogP contribution < -0.4 is 4.90 Å². The van der Waals surface area contributed by atoms with Crippen LogP contribution in [0.5, 0.6) is 0 Å². The van der Waals surface area contributed by atoms with Gasteiger partial charge in [0, 0.05) is 24.8 Å². The Morgan fingerprint density at radius 3 is 2.46 bits per heavy atom. The molecule has 0 N–H and O–H groups in total. The van der Waals surface area contributed by atoms with E-state index in [1.54, 1.807) is 23.2 Å². The molecule has 1 saturated heterocycles. The van der Waals surface area contributed by atoms with Crippen LogP contribution in [-0.2, 0) is 16.6 Å². The number of aryl methyl sites for hydroxylation is 2. The molecule has 7 nitrogen and oxygen atoms in total. The van der Waals surface area contributed by atoms with Gasteiger partial charge in [-0.3, -0.25) is 14.7 Å². The first-order valence-corrected chi connectivity index (χ1v) is 13.8. The summed E-state index contributed by atoms with van der Waals surface area (Å²) in [7, 11) is -3.54. The minimum absolute atomic E-state index is 0.207. The zero-order valence-corrected chi connectivity index (χ0v) is 21.3. The van der Waals surface area contributed by atoms with Gasteiger partial charge in [0.05, 0.1) is 27.4 Å². The lowest BCUT2D eigenvalue weighted by molar-refractivity contribution is 0.0984. The Bertz CT molecular complexity index is 1480. The van der Waals surface area contributed by atoms with E-state index in [0.717, 1.165) is 39.9 Å². The van der Waals surface area contributed by atoms with Crippen LogP contribution in [-0.4, -0.2) is 41.7 Å². The topological polar surface area (TPSA) is 83.5 Å². The molecule has 0 spiro atoms. The highest BCUT2D eigenvalue weighted by Gasteiger charge is 2.28. The number of hydrogen-bond donors (Lipinski definition) is 0. The van der Waals surface area contributed by atoms with Crippen molar-refractivity contribution in [2.45, 2.75) is 38.1 Å². The lowest BCUT2D eigenvalue weighted by Gasteiger charge is -2.20. The summed E-state index contributed by atoms with van der Waals surface area (Å²) in [5.41, 5.74) is 4.25. The molecule has 35 heavy (non-hydrogen) atoms. The van der Waals surface area contributed by atoms with Gasteiger partial charge in [0.1, 0.15) is 0 Å². The van der Waals surface area contributed by atoms with Crippen molar-refractivity contribution >= 4 is 42.6 Å². The van der Waals surface area contributed by atoms with Crippen LogP contribution in [0, 0.1) is 13.8 Å². The number of aromatic nitrogens is 2. The Kier molecular flexibility index (Phi) is 6.39. The molecule has 0 radical (unpaired) electrons. The highest BCUT2D eigenvalue weighted by molar-refractivity contribution is 7.89. The minimum Gasteiger partial charge on any atom is -0.278 e. The van der Waals surface area contributed by atoms with Crippen LogP contribution in [0.25, 0.3) is 10.2 Å². The molecular formula is C26H26N4O3S2. The first-order chi connectivity index (χ1) is 16.8. The zero-order chi connectivity index (χ0) is 24.6. The predicted molar refractivity (Wildman–Crippen MR) is 138 cm³/mol. The molecule has 1 fully saturated rings. The fourth-order valence-corrected chi connectivity index (χ4v) is 6.75. The molecule has 9 heteroatoms. The van der Waals surface area contributed by atoms with E-state index in [9.17, 15) is 13.2 Å². The maximum Gasteiger partial charge on any atom is 0.260 e. The molecule has 0 aliphatic carbocycles. The van der Waals surface area contributed by atoms with Gasteiger partial charge in [0.2, 0.25) is 10.0 Å². The van der Waals surface area contributed by atoms with Crippen LogP contribution in [0.15, 0.2) is 65.7 Å². The fourth-order valence-electron chi connectivity index (χ4n) is 4.21. The van der Waals surface area contributed by atoms with Gasteiger partial charge in [0.15, 0.2) is 5.13 Å². The van der Waals surface area contributed by atoms with Crippen LogP contribution in [0.1, 0.15) is 40.0 Å². The van der Waals surface area contributed by atoms with Crippen molar-refractivity contribution in [3.05, 3.63) is 83.2 Å². The first-order valence-electron chi connectivity index (χ1n) is 11.5. The predicted octanol–water partition coefficient (Wildman–Crippen LogP) is 4.94. The number of pyridine rings is 1. The van der Waals surface area contributed by atoms with Crippen molar-refractivity contribution < 1.29 is 13.2 Å². The number of sulfonamides is 1. The van der Waals surface area contributed by atoms with E-state index < -0.39 is 10.0 Å². The summed E-state index contributed by atoms with van der Waals surface area (Å²) in [5.74, 6) is -0.255. The van der Waals surface area contributed by atoms with Gasteiger partial charge in [-0.25, -0.2) is 13.4 Å². The molecule has 5 rings (SSSR count). The van der Waals surface area contributed by atoms with Crippen LogP contribution in [0.3, 0.4) is 0 Å². The number of thiazole rings is 1. The molecule has 2 aromatic heterocycles. The lowest BCUT2D eigenvalue weighted by atomic mass is 10.1. The third-order valence-electron chi connectivity index (χ3n) is 6.40. The second kappa shape index (κ2) is 9.49. The summed E-state index contributed by atoms with van der Waals surface area (Å²) in [6.45, 7) is 5.41. The SMILES string of the molecule is Cc1ccc2sc(N(Cc3ccccn3)C(=O)c3ccc(S(=O)(=O)N4CCCC4)cc3)nc2c1C. The van der Waals surface area contributed by atoms with Crippen LogP contribution in [0.2, 0.25) is 0 Å². The third kappa shape index (κ3) is 4.59. The van der Waals surface area contributed by atoms with Crippen LogP contribution in [0.4, 0.5) is 5.13 Å². The Labute approximate surface area is 209 Å². The second-order valence-electron chi connectivity index (χ2n) is 8.70. The Morgan fingerprint density at radius 2 is 1.77 bits per heavy atom. The van der Waals surface area contributed by atoms with Gasteiger partial charge in [-0.2, -0.15) is 4.31 Å². The largest absolute Gasteiger partial charge is 0.278 e. The van der Waals surface area contributed by atoms with Crippen molar-refractivity contribution in [1.82, 2.24) is 14.3 Å². The number of benzene rings is 2. The second-order valence-corrected chi connectivity index (χ2v) is 11.6. The van der Waals surface area contributed by atoms with Crippen molar-refractivity contribution in [3.63, 3.8) is 0 Å². The minimum atomic E-state index is -3.54. The highest BCUT2D eigenvalue weighted by atomic mass is 32.2. The molecule has 1 aliphatic heterocycles. The van der Waals surface area contributed by atoms with E-state index in [4.69, 9.17) is 4.98 Å². The summed E-state index contributed by atoms with van der Waals surface area (Å²) in [4.78, 5) is 24.7. The van der Waals surface area contributed by atoms with E-state index in [1.807, 2.05) is 38.1 Å². The number of hydrogen-bond acceptors (Lipinski definition) is 6. The van der Waals surface area contributed by atoms with E-state index in [2.05, 4.69) is 11.1 Å². The average molecular weight is 507 g/mol. The highest BCUT2D eigenvalue weighted by Crippen LogP contribution is 2.33. The van der Waals surface area contributed by atoms with Gasteiger partial charge < -0.3 is 0 Å². The molecule has 2 aromatic carbocycles. The van der Waals surface area contributed by atoms with Gasteiger partial charge in [0.25, 0.3) is 5.91 Å². The molecule has 0 atom stereocenters. The van der Waals surface area contributed by atoms with Gasteiger partial charge >= 0.3 is 0 Å². The summed E-state index contributed by atoms with van der Waals surface area (Å²) >= 11 is 1.46. The molecular weight excluding hydrogens is 480 g/mol. The van der Waals surface area contributed by atoms with Crippen LogP contribution >= 0.6 is 11.3 Å². The number of nitrogens with zero attached hydrogens (tertiary/aromatic N) is 4.